The summed E-state index contributed by atoms with van der Waals surface area (Å²) in [6.07, 6.45) is 5.55. The Kier molecular flexibility index (Phi) is 2.68. The molecule has 1 N–H and O–H groups in total. The Morgan fingerprint density at radius 1 is 1.21 bits per heavy atom. The molecule has 1 saturated heterocycles. The maximum atomic E-state index is 12.4. The summed E-state index contributed by atoms with van der Waals surface area (Å²) >= 11 is 0. The molecule has 2 nitrogen and oxygen atoms in total. The smallest absolute Gasteiger partial charge is 0.115 e. The monoisotopic (exact) mass is 261 g/mol. The Balaban J connectivity index is 1.33. The van der Waals surface area contributed by atoms with E-state index in [4.69, 9.17) is 4.74 Å². The third-order valence-corrected chi connectivity index (χ3v) is 5.46. The lowest BCUT2D eigenvalue weighted by atomic mass is 9.55. The minimum atomic E-state index is -0.388. The van der Waals surface area contributed by atoms with Crippen LogP contribution in [0, 0.1) is 5.41 Å². The van der Waals surface area contributed by atoms with E-state index >= 15 is 0 Å². The van der Waals surface area contributed by atoms with Gasteiger partial charge in [0.05, 0.1) is 12.7 Å². The van der Waals surface area contributed by atoms with Crippen LogP contribution in [0.3, 0.4) is 0 Å². The first-order chi connectivity index (χ1) is 9.30. The van der Waals surface area contributed by atoms with Crippen molar-refractivity contribution in [3.63, 3.8) is 0 Å². The molecule has 0 bridgehead atoms. The zero-order valence-corrected chi connectivity index (χ0v) is 11.1. The van der Waals surface area contributed by atoms with Gasteiger partial charge < -0.3 is 10.1 Å². The molecule has 1 aliphatic heterocycles. The van der Waals surface area contributed by atoms with Crippen LogP contribution in [0.25, 0.3) is 0 Å². The van der Waals surface area contributed by atoms with Gasteiger partial charge in [-0.3, -0.25) is 0 Å². The van der Waals surface area contributed by atoms with E-state index < -0.39 is 0 Å². The van der Waals surface area contributed by atoms with Crippen LogP contribution >= 0.6 is 0 Å². The number of hydrogen-bond acceptors (Lipinski definition) is 2. The molecular formula is C16H20FNO. The van der Waals surface area contributed by atoms with Gasteiger partial charge in [0.15, 0.2) is 0 Å². The van der Waals surface area contributed by atoms with Gasteiger partial charge in [0.1, 0.15) is 6.67 Å². The molecule has 102 valence electrons. The third kappa shape index (κ3) is 1.75. The fourth-order valence-electron chi connectivity index (χ4n) is 4.16. The second-order valence-electron chi connectivity index (χ2n) is 6.37. The number of ether oxygens (including phenoxy) is 1. The molecule has 1 spiro atoms. The normalized spacial score (nSPS) is 39.1. The predicted molar refractivity (Wildman–Crippen MR) is 71.4 cm³/mol. The molecule has 4 rings (SSSR count). The third-order valence-electron chi connectivity index (χ3n) is 5.46. The lowest BCUT2D eigenvalue weighted by Crippen LogP contribution is -2.73. The summed E-state index contributed by atoms with van der Waals surface area (Å²) in [6, 6.07) is 9.14. The van der Waals surface area contributed by atoms with E-state index in [1.807, 2.05) is 24.3 Å². The highest BCUT2D eigenvalue weighted by atomic mass is 19.1. The van der Waals surface area contributed by atoms with Gasteiger partial charge in [0.25, 0.3) is 0 Å². The minimum Gasteiger partial charge on any atom is -0.373 e. The van der Waals surface area contributed by atoms with E-state index in [2.05, 4.69) is 5.32 Å². The molecular weight excluding hydrogens is 241 g/mol. The molecule has 2 aliphatic carbocycles. The molecule has 2 saturated carbocycles. The molecule has 1 heterocycles. The average Bonchev–Trinajstić information content (AvgIpc) is 2.80. The summed E-state index contributed by atoms with van der Waals surface area (Å²) in [4.78, 5) is 0. The van der Waals surface area contributed by atoms with Gasteiger partial charge in [-0.15, -0.1) is 0 Å². The van der Waals surface area contributed by atoms with Crippen LogP contribution in [-0.2, 0) is 18.0 Å². The maximum absolute atomic E-state index is 12.4. The van der Waals surface area contributed by atoms with Crippen molar-refractivity contribution in [1.82, 2.24) is 5.32 Å². The Labute approximate surface area is 113 Å². The highest BCUT2D eigenvalue weighted by molar-refractivity contribution is 5.22. The fraction of sp³-hybridized carbons (Fsp3) is 0.625. The average molecular weight is 261 g/mol. The number of rotatable bonds is 4. The number of halogens is 1. The van der Waals surface area contributed by atoms with Gasteiger partial charge in [-0.1, -0.05) is 24.3 Å². The second-order valence-corrected chi connectivity index (χ2v) is 6.37. The zero-order valence-electron chi connectivity index (χ0n) is 11.1. The standard InChI is InChI=1S/C16H20FNO/c17-9-11-1-3-12(4-2-11)10-19-13-7-15-16(8-13)6-5-14(16)18-15/h1-4,13-15,18H,5-10H2/t13?,14?,15?,16-/m1/s1. The van der Waals surface area contributed by atoms with E-state index in [1.54, 1.807) is 0 Å². The molecule has 4 atom stereocenters. The van der Waals surface area contributed by atoms with Crippen molar-refractivity contribution in [3.8, 4) is 0 Å². The summed E-state index contributed by atoms with van der Waals surface area (Å²) in [5, 5.41) is 3.65. The van der Waals surface area contributed by atoms with Gasteiger partial charge in [-0.05, 0) is 36.8 Å². The lowest BCUT2D eigenvalue weighted by molar-refractivity contribution is -0.0623. The molecule has 0 aromatic heterocycles. The topological polar surface area (TPSA) is 21.3 Å². The van der Waals surface area contributed by atoms with Crippen molar-refractivity contribution in [1.29, 1.82) is 0 Å². The fourth-order valence-corrected chi connectivity index (χ4v) is 4.16. The molecule has 19 heavy (non-hydrogen) atoms. The summed E-state index contributed by atoms with van der Waals surface area (Å²) in [6.45, 7) is 0.270. The molecule has 3 unspecified atom stereocenters. The van der Waals surface area contributed by atoms with E-state index in [0.29, 0.717) is 24.2 Å². The molecule has 3 heteroatoms. The van der Waals surface area contributed by atoms with Crippen molar-refractivity contribution < 1.29 is 9.13 Å². The molecule has 0 amide bonds. The van der Waals surface area contributed by atoms with Crippen LogP contribution in [-0.4, -0.2) is 18.2 Å². The lowest BCUT2D eigenvalue weighted by Gasteiger charge is -2.62. The Bertz CT molecular complexity index is 474. The van der Waals surface area contributed by atoms with E-state index in [1.165, 1.54) is 25.7 Å². The quantitative estimate of drug-likeness (QED) is 0.899. The van der Waals surface area contributed by atoms with Crippen LogP contribution in [0.5, 0.6) is 0 Å². The van der Waals surface area contributed by atoms with Crippen molar-refractivity contribution in [3.05, 3.63) is 35.4 Å². The van der Waals surface area contributed by atoms with Gasteiger partial charge in [-0.2, -0.15) is 0 Å². The largest absolute Gasteiger partial charge is 0.373 e. The van der Waals surface area contributed by atoms with Crippen molar-refractivity contribution in [2.24, 2.45) is 5.41 Å². The number of nitrogens with one attached hydrogen (secondary N) is 1. The van der Waals surface area contributed by atoms with Gasteiger partial charge in [-0.25, -0.2) is 4.39 Å². The van der Waals surface area contributed by atoms with Crippen LogP contribution in [0.2, 0.25) is 0 Å². The molecule has 3 fully saturated rings. The van der Waals surface area contributed by atoms with Crippen LogP contribution in [0.15, 0.2) is 24.3 Å². The molecule has 1 aromatic rings. The number of hydrogen-bond donors (Lipinski definition) is 1. The van der Waals surface area contributed by atoms with Crippen molar-refractivity contribution in [2.45, 2.75) is 57.2 Å². The second kappa shape index (κ2) is 4.29. The highest BCUT2D eigenvalue weighted by Gasteiger charge is 2.64. The Morgan fingerprint density at radius 2 is 2.00 bits per heavy atom. The van der Waals surface area contributed by atoms with Crippen LogP contribution in [0.1, 0.15) is 36.8 Å². The van der Waals surface area contributed by atoms with E-state index in [0.717, 1.165) is 17.2 Å². The summed E-state index contributed by atoms with van der Waals surface area (Å²) in [5.74, 6) is 0. The molecule has 1 aromatic carbocycles. The first-order valence-electron chi connectivity index (χ1n) is 7.31. The zero-order chi connectivity index (χ0) is 12.9. The van der Waals surface area contributed by atoms with Crippen molar-refractivity contribution >= 4 is 0 Å². The Hall–Kier alpha value is -0.930. The summed E-state index contributed by atoms with van der Waals surface area (Å²) in [7, 11) is 0. The van der Waals surface area contributed by atoms with Gasteiger partial charge >= 0.3 is 0 Å². The van der Waals surface area contributed by atoms with Crippen LogP contribution in [0.4, 0.5) is 4.39 Å². The SMILES string of the molecule is FCc1ccc(COC2CC3NC4CC[C@@]43C2)cc1. The molecule has 0 radical (unpaired) electrons. The summed E-state index contributed by atoms with van der Waals surface area (Å²) in [5.41, 5.74) is 2.48. The van der Waals surface area contributed by atoms with E-state index in [9.17, 15) is 4.39 Å². The van der Waals surface area contributed by atoms with Crippen LogP contribution < -0.4 is 5.32 Å². The first kappa shape index (κ1) is 11.9. The van der Waals surface area contributed by atoms with E-state index in [-0.39, 0.29) is 6.67 Å². The first-order valence-corrected chi connectivity index (χ1v) is 7.31. The Morgan fingerprint density at radius 3 is 2.58 bits per heavy atom. The minimum absolute atomic E-state index is 0.388. The van der Waals surface area contributed by atoms with Crippen molar-refractivity contribution in [2.75, 3.05) is 0 Å². The predicted octanol–water partition coefficient (Wildman–Crippen LogP) is 2.96. The number of piperidine rings is 1. The van der Waals surface area contributed by atoms with Gasteiger partial charge in [0.2, 0.25) is 0 Å². The highest BCUT2D eigenvalue weighted by Crippen LogP contribution is 2.60. The number of benzene rings is 1. The number of alkyl halides is 1. The molecule has 3 aliphatic rings. The maximum Gasteiger partial charge on any atom is 0.115 e. The summed E-state index contributed by atoms with van der Waals surface area (Å²) < 4.78 is 18.5. The van der Waals surface area contributed by atoms with Gasteiger partial charge in [0, 0.05) is 17.5 Å².